The lowest BCUT2D eigenvalue weighted by atomic mass is 10.2. The van der Waals surface area contributed by atoms with Crippen molar-refractivity contribution in [1.82, 2.24) is 4.98 Å². The number of rotatable bonds is 3. The van der Waals surface area contributed by atoms with Crippen LogP contribution in [-0.2, 0) is 6.61 Å². The second-order valence-electron chi connectivity index (χ2n) is 4.43. The molecule has 1 saturated heterocycles. The van der Waals surface area contributed by atoms with Gasteiger partial charge in [0.25, 0.3) is 0 Å². The Labute approximate surface area is 93.8 Å². The zero-order valence-corrected chi connectivity index (χ0v) is 9.59. The normalized spacial score (nSPS) is 21.3. The Morgan fingerprint density at radius 3 is 2.67 bits per heavy atom. The van der Waals surface area contributed by atoms with E-state index in [0.717, 1.165) is 23.1 Å². The number of aromatic nitrogens is 1. The van der Waals surface area contributed by atoms with E-state index in [2.05, 4.69) is 4.90 Å². The molecule has 1 saturated carbocycles. The van der Waals surface area contributed by atoms with E-state index in [1.807, 2.05) is 0 Å². The van der Waals surface area contributed by atoms with Gasteiger partial charge in [-0.1, -0.05) is 11.3 Å². The van der Waals surface area contributed by atoms with Crippen LogP contribution in [0.2, 0.25) is 0 Å². The molecule has 3 nitrogen and oxygen atoms in total. The highest BCUT2D eigenvalue weighted by Crippen LogP contribution is 2.44. The maximum atomic E-state index is 9.30. The van der Waals surface area contributed by atoms with Gasteiger partial charge in [0.15, 0.2) is 5.13 Å². The summed E-state index contributed by atoms with van der Waals surface area (Å²) in [6.07, 6.45) is 5.09. The number of aliphatic hydroxyl groups is 1. The molecule has 0 spiro atoms. The molecule has 1 aromatic rings. The molecule has 4 heteroatoms. The molecular formula is C11H16N2OS. The van der Waals surface area contributed by atoms with Gasteiger partial charge in [0, 0.05) is 19.0 Å². The summed E-state index contributed by atoms with van der Waals surface area (Å²) < 4.78 is 0. The average Bonchev–Trinajstić information content (AvgIpc) is 2.83. The molecule has 1 N–H and O–H groups in total. The first-order valence-electron chi connectivity index (χ1n) is 5.74. The van der Waals surface area contributed by atoms with Crippen molar-refractivity contribution in [3.8, 4) is 0 Å². The topological polar surface area (TPSA) is 36.4 Å². The maximum absolute atomic E-state index is 9.30. The Morgan fingerprint density at radius 1 is 1.33 bits per heavy atom. The molecular weight excluding hydrogens is 208 g/mol. The molecule has 0 bridgehead atoms. The van der Waals surface area contributed by atoms with Crippen LogP contribution in [0.15, 0.2) is 0 Å². The van der Waals surface area contributed by atoms with E-state index in [1.165, 1.54) is 31.4 Å². The van der Waals surface area contributed by atoms with Crippen molar-refractivity contribution in [2.75, 3.05) is 18.0 Å². The first kappa shape index (κ1) is 9.60. The fourth-order valence-electron chi connectivity index (χ4n) is 2.18. The highest BCUT2D eigenvalue weighted by molar-refractivity contribution is 7.15. The molecule has 1 aliphatic heterocycles. The van der Waals surface area contributed by atoms with Crippen LogP contribution in [0.4, 0.5) is 5.13 Å². The summed E-state index contributed by atoms with van der Waals surface area (Å²) in [5.74, 6) is 0.653. The summed E-state index contributed by atoms with van der Waals surface area (Å²) in [5, 5.41) is 10.4. The van der Waals surface area contributed by atoms with Crippen molar-refractivity contribution in [1.29, 1.82) is 0 Å². The molecule has 0 aromatic carbocycles. The SMILES string of the molecule is OCc1sc(N2CCCC2)nc1C1CC1. The van der Waals surface area contributed by atoms with Crippen LogP contribution in [0.1, 0.15) is 42.2 Å². The number of thiazole rings is 1. The van der Waals surface area contributed by atoms with E-state index in [-0.39, 0.29) is 6.61 Å². The molecule has 0 amide bonds. The Hall–Kier alpha value is -0.610. The molecule has 1 aliphatic carbocycles. The minimum Gasteiger partial charge on any atom is -0.391 e. The van der Waals surface area contributed by atoms with Crippen molar-refractivity contribution in [3.05, 3.63) is 10.6 Å². The van der Waals surface area contributed by atoms with E-state index in [0.29, 0.717) is 5.92 Å². The number of hydrogen-bond donors (Lipinski definition) is 1. The fourth-order valence-corrected chi connectivity index (χ4v) is 3.24. The van der Waals surface area contributed by atoms with Crippen LogP contribution in [0.3, 0.4) is 0 Å². The number of nitrogens with zero attached hydrogens (tertiary/aromatic N) is 2. The predicted octanol–water partition coefficient (Wildman–Crippen LogP) is 2.11. The smallest absolute Gasteiger partial charge is 0.185 e. The Kier molecular flexibility index (Phi) is 2.41. The van der Waals surface area contributed by atoms with Gasteiger partial charge in [-0.2, -0.15) is 0 Å². The van der Waals surface area contributed by atoms with Crippen molar-refractivity contribution in [2.45, 2.75) is 38.2 Å². The number of hydrogen-bond acceptors (Lipinski definition) is 4. The van der Waals surface area contributed by atoms with Gasteiger partial charge < -0.3 is 10.0 Å². The van der Waals surface area contributed by atoms with Crippen LogP contribution in [-0.4, -0.2) is 23.2 Å². The monoisotopic (exact) mass is 224 g/mol. The molecule has 0 atom stereocenters. The third-order valence-electron chi connectivity index (χ3n) is 3.20. The lowest BCUT2D eigenvalue weighted by Crippen LogP contribution is -2.17. The van der Waals surface area contributed by atoms with Crippen LogP contribution in [0.5, 0.6) is 0 Å². The zero-order valence-electron chi connectivity index (χ0n) is 8.78. The van der Waals surface area contributed by atoms with Crippen molar-refractivity contribution >= 4 is 16.5 Å². The first-order valence-corrected chi connectivity index (χ1v) is 6.55. The molecule has 15 heavy (non-hydrogen) atoms. The van der Waals surface area contributed by atoms with Crippen molar-refractivity contribution < 1.29 is 5.11 Å². The largest absolute Gasteiger partial charge is 0.391 e. The molecule has 2 aliphatic rings. The third-order valence-corrected chi connectivity index (χ3v) is 4.32. The molecule has 2 heterocycles. The molecule has 2 fully saturated rings. The van der Waals surface area contributed by atoms with Gasteiger partial charge in [0.1, 0.15) is 0 Å². The van der Waals surface area contributed by atoms with Gasteiger partial charge in [0.05, 0.1) is 17.2 Å². The third kappa shape index (κ3) is 1.76. The van der Waals surface area contributed by atoms with Gasteiger partial charge in [-0.25, -0.2) is 4.98 Å². The quantitative estimate of drug-likeness (QED) is 0.854. The van der Waals surface area contributed by atoms with Gasteiger partial charge in [0.2, 0.25) is 0 Å². The standard InChI is InChI=1S/C11H16N2OS/c14-7-9-10(8-3-4-8)12-11(15-9)13-5-1-2-6-13/h8,14H,1-7H2. The Balaban J connectivity index is 1.88. The Morgan fingerprint density at radius 2 is 2.07 bits per heavy atom. The lowest BCUT2D eigenvalue weighted by Gasteiger charge is -2.12. The number of aliphatic hydroxyl groups excluding tert-OH is 1. The zero-order chi connectivity index (χ0) is 10.3. The summed E-state index contributed by atoms with van der Waals surface area (Å²) >= 11 is 1.69. The molecule has 1 aromatic heterocycles. The first-order chi connectivity index (χ1) is 7.38. The minimum atomic E-state index is 0.164. The van der Waals surface area contributed by atoms with Crippen LogP contribution < -0.4 is 4.90 Å². The molecule has 0 unspecified atom stereocenters. The van der Waals surface area contributed by atoms with Gasteiger partial charge in [-0.15, -0.1) is 0 Å². The van der Waals surface area contributed by atoms with E-state index in [4.69, 9.17) is 4.98 Å². The van der Waals surface area contributed by atoms with Crippen LogP contribution in [0, 0.1) is 0 Å². The summed E-state index contributed by atoms with van der Waals surface area (Å²) in [6.45, 7) is 2.45. The summed E-state index contributed by atoms with van der Waals surface area (Å²) in [6, 6.07) is 0. The number of anilines is 1. The molecule has 0 radical (unpaired) electrons. The van der Waals surface area contributed by atoms with E-state index in [9.17, 15) is 5.11 Å². The van der Waals surface area contributed by atoms with E-state index < -0.39 is 0 Å². The predicted molar refractivity (Wildman–Crippen MR) is 61.5 cm³/mol. The summed E-state index contributed by atoms with van der Waals surface area (Å²) in [7, 11) is 0. The van der Waals surface area contributed by atoms with Gasteiger partial charge in [-0.05, 0) is 25.7 Å². The van der Waals surface area contributed by atoms with Crippen LogP contribution in [0.25, 0.3) is 0 Å². The fraction of sp³-hybridized carbons (Fsp3) is 0.727. The van der Waals surface area contributed by atoms with Crippen molar-refractivity contribution in [2.24, 2.45) is 0 Å². The van der Waals surface area contributed by atoms with Gasteiger partial charge >= 0.3 is 0 Å². The lowest BCUT2D eigenvalue weighted by molar-refractivity contribution is 0.284. The summed E-state index contributed by atoms with van der Waals surface area (Å²) in [5.41, 5.74) is 1.18. The van der Waals surface area contributed by atoms with E-state index >= 15 is 0 Å². The molecule has 3 rings (SSSR count). The highest BCUT2D eigenvalue weighted by Gasteiger charge is 2.30. The second-order valence-corrected chi connectivity index (χ2v) is 5.49. The summed E-state index contributed by atoms with van der Waals surface area (Å²) in [4.78, 5) is 8.16. The molecule has 82 valence electrons. The highest BCUT2D eigenvalue weighted by atomic mass is 32.1. The van der Waals surface area contributed by atoms with Gasteiger partial charge in [-0.3, -0.25) is 0 Å². The minimum absolute atomic E-state index is 0.164. The van der Waals surface area contributed by atoms with Crippen molar-refractivity contribution in [3.63, 3.8) is 0 Å². The van der Waals surface area contributed by atoms with Crippen LogP contribution >= 0.6 is 11.3 Å². The average molecular weight is 224 g/mol. The Bertz CT molecular complexity index is 353. The van der Waals surface area contributed by atoms with E-state index in [1.54, 1.807) is 11.3 Å². The maximum Gasteiger partial charge on any atom is 0.185 e. The second kappa shape index (κ2) is 3.76.